The van der Waals surface area contributed by atoms with Crippen LogP contribution in [0.1, 0.15) is 33.3 Å². The minimum atomic E-state index is -0.584. The van der Waals surface area contributed by atoms with Crippen molar-refractivity contribution in [2.45, 2.75) is 45.8 Å². The smallest absolute Gasteiger partial charge is 0.408 e. The number of para-hydroxylation sites is 1. The Balaban J connectivity index is 1.71. The first-order chi connectivity index (χ1) is 11.3. The summed E-state index contributed by atoms with van der Waals surface area (Å²) in [5.74, 6) is -0.221. The lowest BCUT2D eigenvalue weighted by molar-refractivity contribution is -0.120. The van der Waals surface area contributed by atoms with Crippen molar-refractivity contribution in [3.63, 3.8) is 0 Å². The van der Waals surface area contributed by atoms with Crippen LogP contribution in [-0.2, 0) is 16.0 Å². The summed E-state index contributed by atoms with van der Waals surface area (Å²) in [5.41, 5.74) is 2.02. The van der Waals surface area contributed by atoms with E-state index in [0.29, 0.717) is 12.6 Å². The molecule has 2 N–H and O–H groups in total. The Morgan fingerprint density at radius 3 is 2.67 bits per heavy atom. The number of rotatable bonds is 5. The van der Waals surface area contributed by atoms with Crippen molar-refractivity contribution >= 4 is 17.7 Å². The number of alkyl carbamates (subject to hydrolysis) is 1. The summed E-state index contributed by atoms with van der Waals surface area (Å²) in [5, 5.41) is 5.28. The van der Waals surface area contributed by atoms with Crippen LogP contribution in [0.4, 0.5) is 10.5 Å². The Hall–Kier alpha value is -2.24. The van der Waals surface area contributed by atoms with E-state index in [4.69, 9.17) is 4.74 Å². The van der Waals surface area contributed by atoms with Crippen LogP contribution in [0.2, 0.25) is 0 Å². The highest BCUT2D eigenvalue weighted by Gasteiger charge is 2.24. The number of fused-ring (bicyclic) bond motifs is 1. The number of carbonyl (C=O) groups is 2. The van der Waals surface area contributed by atoms with Crippen LogP contribution < -0.4 is 15.5 Å². The summed E-state index contributed by atoms with van der Waals surface area (Å²) in [4.78, 5) is 25.6. The fraction of sp³-hybridized carbons (Fsp3) is 0.556. The molecule has 2 amide bonds. The largest absolute Gasteiger partial charge is 0.444 e. The second-order valence-electron chi connectivity index (χ2n) is 7.08. The zero-order chi connectivity index (χ0) is 17.7. The van der Waals surface area contributed by atoms with Crippen LogP contribution in [0, 0.1) is 0 Å². The van der Waals surface area contributed by atoms with E-state index < -0.39 is 11.7 Å². The Labute approximate surface area is 143 Å². The molecule has 0 bridgehead atoms. The highest BCUT2D eigenvalue weighted by molar-refractivity contribution is 5.82. The minimum Gasteiger partial charge on any atom is -0.444 e. The van der Waals surface area contributed by atoms with E-state index in [2.05, 4.69) is 40.7 Å². The van der Waals surface area contributed by atoms with Gasteiger partial charge in [0.25, 0.3) is 0 Å². The molecule has 6 nitrogen and oxygen atoms in total. The maximum absolute atomic E-state index is 11.8. The number of nitrogens with one attached hydrogen (secondary N) is 2. The van der Waals surface area contributed by atoms with Gasteiger partial charge in [0, 0.05) is 24.8 Å². The third-order valence-corrected chi connectivity index (χ3v) is 3.82. The third kappa shape index (κ3) is 5.15. The van der Waals surface area contributed by atoms with E-state index in [1.54, 1.807) is 20.8 Å². The van der Waals surface area contributed by atoms with Crippen molar-refractivity contribution in [1.82, 2.24) is 10.6 Å². The van der Waals surface area contributed by atoms with Crippen LogP contribution in [0.25, 0.3) is 0 Å². The van der Waals surface area contributed by atoms with Gasteiger partial charge in [0.15, 0.2) is 0 Å². The predicted octanol–water partition coefficient (Wildman–Crippen LogP) is 2.08. The number of anilines is 1. The summed E-state index contributed by atoms with van der Waals surface area (Å²) in [6, 6.07) is 8.78. The third-order valence-electron chi connectivity index (χ3n) is 3.82. The standard InChI is InChI=1S/C18H27N3O3/c1-13-11-14-7-5-6-8-15(14)21(13)10-9-19-16(22)12-20-17(23)24-18(2,3)4/h5-8,13H,9-12H2,1-4H3,(H,19,22)(H,20,23). The molecule has 0 aliphatic carbocycles. The second-order valence-corrected chi connectivity index (χ2v) is 7.08. The van der Waals surface area contributed by atoms with E-state index in [9.17, 15) is 9.59 Å². The molecule has 0 fully saturated rings. The first-order valence-electron chi connectivity index (χ1n) is 8.34. The molecule has 0 saturated carbocycles. The summed E-state index contributed by atoms with van der Waals surface area (Å²) < 4.78 is 5.09. The van der Waals surface area contributed by atoms with Gasteiger partial charge in [-0.1, -0.05) is 18.2 Å². The minimum absolute atomic E-state index is 0.0823. The van der Waals surface area contributed by atoms with Gasteiger partial charge in [-0.2, -0.15) is 0 Å². The summed E-state index contributed by atoms with van der Waals surface area (Å²) in [6.45, 7) is 8.72. The molecule has 132 valence electrons. The zero-order valence-corrected chi connectivity index (χ0v) is 14.9. The summed E-state index contributed by atoms with van der Waals surface area (Å²) >= 11 is 0. The van der Waals surface area contributed by atoms with Crippen LogP contribution in [0.3, 0.4) is 0 Å². The van der Waals surface area contributed by atoms with Gasteiger partial charge >= 0.3 is 6.09 Å². The van der Waals surface area contributed by atoms with Crippen molar-refractivity contribution in [1.29, 1.82) is 0 Å². The molecule has 0 radical (unpaired) electrons. The molecule has 1 aliphatic rings. The monoisotopic (exact) mass is 333 g/mol. The normalized spacial score (nSPS) is 16.5. The zero-order valence-electron chi connectivity index (χ0n) is 14.9. The Bertz CT molecular complexity index is 595. The van der Waals surface area contributed by atoms with Crippen molar-refractivity contribution < 1.29 is 14.3 Å². The number of nitrogens with zero attached hydrogens (tertiary/aromatic N) is 1. The average Bonchev–Trinajstić information content (AvgIpc) is 2.79. The van der Waals surface area contributed by atoms with Gasteiger partial charge in [-0.25, -0.2) is 4.79 Å². The van der Waals surface area contributed by atoms with Crippen molar-refractivity contribution in [3.8, 4) is 0 Å². The first kappa shape index (κ1) is 18.1. The average molecular weight is 333 g/mol. The van der Waals surface area contributed by atoms with Gasteiger partial charge in [-0.05, 0) is 45.7 Å². The predicted molar refractivity (Wildman–Crippen MR) is 94.2 cm³/mol. The number of hydrogen-bond acceptors (Lipinski definition) is 4. The fourth-order valence-electron chi connectivity index (χ4n) is 2.82. The molecule has 1 aromatic carbocycles. The highest BCUT2D eigenvalue weighted by Crippen LogP contribution is 2.31. The maximum atomic E-state index is 11.8. The Morgan fingerprint density at radius 1 is 1.25 bits per heavy atom. The van der Waals surface area contributed by atoms with E-state index in [-0.39, 0.29) is 12.5 Å². The molecule has 1 unspecified atom stereocenters. The first-order valence-corrected chi connectivity index (χ1v) is 8.34. The topological polar surface area (TPSA) is 70.7 Å². The number of carbonyl (C=O) groups excluding carboxylic acids is 2. The number of hydrogen-bond donors (Lipinski definition) is 2. The van der Waals surface area contributed by atoms with Crippen LogP contribution in [0.15, 0.2) is 24.3 Å². The lowest BCUT2D eigenvalue weighted by Gasteiger charge is -2.25. The van der Waals surface area contributed by atoms with Gasteiger partial charge < -0.3 is 20.3 Å². The molecule has 0 aromatic heterocycles. The van der Waals surface area contributed by atoms with Gasteiger partial charge in [0.05, 0.1) is 6.54 Å². The van der Waals surface area contributed by atoms with E-state index in [1.807, 2.05) is 6.07 Å². The molecule has 1 aromatic rings. The fourth-order valence-corrected chi connectivity index (χ4v) is 2.82. The molecule has 0 saturated heterocycles. The SMILES string of the molecule is CC1Cc2ccccc2N1CCNC(=O)CNC(=O)OC(C)(C)C. The maximum Gasteiger partial charge on any atom is 0.408 e. The number of amides is 2. The molecule has 24 heavy (non-hydrogen) atoms. The summed E-state index contributed by atoms with van der Waals surface area (Å²) in [7, 11) is 0. The molecular weight excluding hydrogens is 306 g/mol. The van der Waals surface area contributed by atoms with E-state index in [0.717, 1.165) is 13.0 Å². The van der Waals surface area contributed by atoms with Gasteiger partial charge in [0.2, 0.25) is 5.91 Å². The lowest BCUT2D eigenvalue weighted by atomic mass is 10.1. The van der Waals surface area contributed by atoms with Crippen LogP contribution in [0.5, 0.6) is 0 Å². The molecule has 6 heteroatoms. The molecule has 0 spiro atoms. The molecular formula is C18H27N3O3. The Morgan fingerprint density at radius 2 is 1.96 bits per heavy atom. The van der Waals surface area contributed by atoms with Crippen LogP contribution in [-0.4, -0.2) is 43.3 Å². The quantitative estimate of drug-likeness (QED) is 0.865. The number of benzene rings is 1. The summed E-state index contributed by atoms with van der Waals surface area (Å²) in [6.07, 6.45) is 0.448. The van der Waals surface area contributed by atoms with E-state index >= 15 is 0 Å². The molecule has 1 heterocycles. The van der Waals surface area contributed by atoms with E-state index in [1.165, 1.54) is 11.3 Å². The van der Waals surface area contributed by atoms with Gasteiger partial charge in [0.1, 0.15) is 5.60 Å². The van der Waals surface area contributed by atoms with Crippen molar-refractivity contribution in [2.75, 3.05) is 24.5 Å². The highest BCUT2D eigenvalue weighted by atomic mass is 16.6. The lowest BCUT2D eigenvalue weighted by Crippen LogP contribution is -2.42. The number of ether oxygens (including phenoxy) is 1. The molecule has 1 aliphatic heterocycles. The van der Waals surface area contributed by atoms with Crippen molar-refractivity contribution in [3.05, 3.63) is 29.8 Å². The van der Waals surface area contributed by atoms with Crippen LogP contribution >= 0.6 is 0 Å². The van der Waals surface area contributed by atoms with Gasteiger partial charge in [-0.15, -0.1) is 0 Å². The second kappa shape index (κ2) is 7.55. The van der Waals surface area contributed by atoms with Crippen molar-refractivity contribution in [2.24, 2.45) is 0 Å². The molecule has 1 atom stereocenters. The molecule has 2 rings (SSSR count). The Kier molecular flexibility index (Phi) is 5.70. The van der Waals surface area contributed by atoms with Gasteiger partial charge in [-0.3, -0.25) is 4.79 Å².